The first-order valence-electron chi connectivity index (χ1n) is 7.84. The van der Waals surface area contributed by atoms with E-state index in [2.05, 4.69) is 34.8 Å². The Bertz CT molecular complexity index is 598. The van der Waals surface area contributed by atoms with Crippen LogP contribution in [0.2, 0.25) is 0 Å². The zero-order chi connectivity index (χ0) is 19.1. The van der Waals surface area contributed by atoms with Gasteiger partial charge in [-0.1, -0.05) is 62.4 Å². The summed E-state index contributed by atoms with van der Waals surface area (Å²) >= 11 is 0. The van der Waals surface area contributed by atoms with Crippen molar-refractivity contribution in [3.8, 4) is 0 Å². The molecular weight excluding hydrogens is 320 g/mol. The van der Waals surface area contributed by atoms with Crippen molar-refractivity contribution >= 4 is 23.5 Å². The maximum absolute atomic E-state index is 10.3. The smallest absolute Gasteiger partial charge is 0.338 e. The Labute approximate surface area is 148 Å². The Morgan fingerprint density at radius 1 is 1.16 bits per heavy atom. The van der Waals surface area contributed by atoms with E-state index >= 15 is 0 Å². The van der Waals surface area contributed by atoms with Crippen LogP contribution in [0.3, 0.4) is 0 Å². The number of carbonyl (C=O) groups excluding carboxylic acids is 3. The van der Waals surface area contributed by atoms with Gasteiger partial charge in [0.05, 0.1) is 6.61 Å². The van der Waals surface area contributed by atoms with Crippen molar-refractivity contribution in [2.24, 2.45) is 0 Å². The van der Waals surface area contributed by atoms with Gasteiger partial charge in [0.25, 0.3) is 0 Å². The van der Waals surface area contributed by atoms with Crippen LogP contribution in [0, 0.1) is 0 Å². The second-order valence-corrected chi connectivity index (χ2v) is 4.94. The molecule has 5 heteroatoms. The monoisotopic (exact) mass is 344 g/mol. The van der Waals surface area contributed by atoms with Gasteiger partial charge in [0, 0.05) is 18.2 Å². The number of carbonyl (C=O) groups is 3. The highest BCUT2D eigenvalue weighted by Gasteiger charge is 2.10. The van der Waals surface area contributed by atoms with E-state index in [4.69, 9.17) is 0 Å². The Morgan fingerprint density at radius 3 is 2.04 bits per heavy atom. The van der Waals surface area contributed by atoms with Crippen LogP contribution in [0.4, 0.5) is 0 Å². The lowest BCUT2D eigenvalue weighted by Gasteiger charge is -1.97. The predicted octanol–water partition coefficient (Wildman–Crippen LogP) is 3.86. The van der Waals surface area contributed by atoms with E-state index in [0.717, 1.165) is 30.6 Å². The normalized spacial score (nSPS) is 11.3. The number of rotatable bonds is 5. The van der Waals surface area contributed by atoms with Crippen LogP contribution in [-0.4, -0.2) is 24.5 Å². The van der Waals surface area contributed by atoms with E-state index in [1.165, 1.54) is 11.6 Å². The van der Waals surface area contributed by atoms with E-state index in [1.54, 1.807) is 0 Å². The third kappa shape index (κ3) is 12.2. The molecule has 25 heavy (non-hydrogen) atoms. The Kier molecular flexibility index (Phi) is 11.9. The molecule has 0 aromatic heterocycles. The van der Waals surface area contributed by atoms with Crippen LogP contribution in [-0.2, 0) is 23.9 Å². The van der Waals surface area contributed by atoms with Gasteiger partial charge in [-0.25, -0.2) is 14.4 Å². The topological polar surface area (TPSA) is 69.7 Å². The van der Waals surface area contributed by atoms with Gasteiger partial charge in [-0.2, -0.15) is 0 Å². The Hall–Kier alpha value is -2.95. The van der Waals surface area contributed by atoms with Gasteiger partial charge in [-0.05, 0) is 18.9 Å². The third-order valence-corrected chi connectivity index (χ3v) is 2.73. The lowest BCUT2D eigenvalue weighted by molar-refractivity contribution is -0.150. The average Bonchev–Trinajstić information content (AvgIpc) is 2.99. The van der Waals surface area contributed by atoms with Crippen LogP contribution in [0.5, 0.6) is 0 Å². The number of hydrogen-bond acceptors (Lipinski definition) is 5. The zero-order valence-corrected chi connectivity index (χ0v) is 14.7. The number of unbranched alkanes of at least 4 members (excludes halogenated alkanes) is 1. The molecule has 0 radical (unpaired) electrons. The summed E-state index contributed by atoms with van der Waals surface area (Å²) in [5.74, 6) is -1.49. The predicted molar refractivity (Wildman–Crippen MR) is 97.5 cm³/mol. The van der Waals surface area contributed by atoms with Crippen molar-refractivity contribution in [3.05, 3.63) is 67.3 Å². The number of esters is 3. The molecule has 0 spiro atoms. The molecule has 134 valence electrons. The summed E-state index contributed by atoms with van der Waals surface area (Å²) in [5, 5.41) is 0. The average molecular weight is 344 g/mol. The summed E-state index contributed by atoms with van der Waals surface area (Å²) in [5.41, 5.74) is 2.34. The summed E-state index contributed by atoms with van der Waals surface area (Å²) in [6, 6.07) is 10.2. The van der Waals surface area contributed by atoms with Crippen molar-refractivity contribution in [2.75, 3.05) is 6.61 Å². The standard InChI is InChI=1S/C9H10.C7H12O2.C4H2O3/c1-8(2)9-6-4-3-5-7-9;1-3-5-6-9-7(8)4-2;5-3-1-2-4(6)7-3/h3-7H,1H2,2H3;4H,2-3,5-6H2,1H3;1-2H. The number of allylic oxidation sites excluding steroid dienone is 1. The largest absolute Gasteiger partial charge is 0.463 e. The van der Waals surface area contributed by atoms with E-state index < -0.39 is 11.9 Å². The molecule has 0 fully saturated rings. The fraction of sp³-hybridized carbons (Fsp3) is 0.250. The minimum Gasteiger partial charge on any atom is -0.463 e. The van der Waals surface area contributed by atoms with Crippen LogP contribution in [0.1, 0.15) is 32.3 Å². The molecule has 0 saturated carbocycles. The molecule has 2 rings (SSSR count). The maximum Gasteiger partial charge on any atom is 0.338 e. The first kappa shape index (κ1) is 22.1. The molecule has 1 aliphatic rings. The van der Waals surface area contributed by atoms with Crippen LogP contribution >= 0.6 is 0 Å². The summed E-state index contributed by atoms with van der Waals surface area (Å²) < 4.78 is 8.65. The molecule has 1 heterocycles. The molecule has 0 aliphatic carbocycles. The van der Waals surface area contributed by atoms with Gasteiger partial charge >= 0.3 is 17.9 Å². The molecule has 1 aliphatic heterocycles. The fourth-order valence-electron chi connectivity index (χ4n) is 1.40. The number of ether oxygens (including phenoxy) is 2. The van der Waals surface area contributed by atoms with Crippen molar-refractivity contribution in [1.82, 2.24) is 0 Å². The highest BCUT2D eigenvalue weighted by molar-refractivity contribution is 6.04. The van der Waals surface area contributed by atoms with Crippen LogP contribution in [0.25, 0.3) is 5.57 Å². The maximum atomic E-state index is 10.3. The number of benzene rings is 1. The van der Waals surface area contributed by atoms with Crippen molar-refractivity contribution in [2.45, 2.75) is 26.7 Å². The Balaban J connectivity index is 0.000000348. The van der Waals surface area contributed by atoms with Gasteiger partial charge in [-0.3, -0.25) is 0 Å². The number of hydrogen-bond donors (Lipinski definition) is 0. The van der Waals surface area contributed by atoms with Crippen molar-refractivity contribution < 1.29 is 23.9 Å². The van der Waals surface area contributed by atoms with E-state index in [9.17, 15) is 14.4 Å². The van der Waals surface area contributed by atoms with Crippen molar-refractivity contribution in [1.29, 1.82) is 0 Å². The van der Waals surface area contributed by atoms with Gasteiger partial charge < -0.3 is 9.47 Å². The van der Waals surface area contributed by atoms with E-state index in [-0.39, 0.29) is 5.97 Å². The minimum atomic E-state index is -0.579. The van der Waals surface area contributed by atoms with Gasteiger partial charge in [0.1, 0.15) is 0 Å². The summed E-state index contributed by atoms with van der Waals surface area (Å²) in [6.45, 7) is 11.7. The highest BCUT2D eigenvalue weighted by Crippen LogP contribution is 2.08. The SMILES string of the molecule is C=C(C)c1ccccc1.C=CC(=O)OCCCC.O=C1C=CC(=O)O1. The molecule has 0 amide bonds. The first-order chi connectivity index (χ1) is 11.9. The highest BCUT2D eigenvalue weighted by atomic mass is 16.6. The van der Waals surface area contributed by atoms with Gasteiger partial charge in [0.2, 0.25) is 0 Å². The molecule has 1 aromatic carbocycles. The van der Waals surface area contributed by atoms with E-state index in [1.807, 2.05) is 32.0 Å². The molecule has 0 bridgehead atoms. The molecule has 1 aromatic rings. The lowest BCUT2D eigenvalue weighted by Crippen LogP contribution is -2.00. The summed E-state index contributed by atoms with van der Waals surface area (Å²) in [7, 11) is 0. The molecule has 0 saturated heterocycles. The zero-order valence-electron chi connectivity index (χ0n) is 14.7. The molecule has 0 N–H and O–H groups in total. The molecule has 5 nitrogen and oxygen atoms in total. The minimum absolute atomic E-state index is 0.330. The van der Waals surface area contributed by atoms with Crippen LogP contribution < -0.4 is 0 Å². The quantitative estimate of drug-likeness (QED) is 0.351. The second-order valence-electron chi connectivity index (χ2n) is 4.94. The van der Waals surface area contributed by atoms with E-state index in [0.29, 0.717) is 6.61 Å². The summed E-state index contributed by atoms with van der Waals surface area (Å²) in [4.78, 5) is 30.2. The van der Waals surface area contributed by atoms with Crippen LogP contribution in [0.15, 0.2) is 61.7 Å². The molecule has 0 atom stereocenters. The fourth-order valence-corrected chi connectivity index (χ4v) is 1.40. The lowest BCUT2D eigenvalue weighted by atomic mass is 10.1. The third-order valence-electron chi connectivity index (χ3n) is 2.73. The van der Waals surface area contributed by atoms with Gasteiger partial charge in [-0.15, -0.1) is 0 Å². The first-order valence-corrected chi connectivity index (χ1v) is 7.84. The Morgan fingerprint density at radius 2 is 1.72 bits per heavy atom. The van der Waals surface area contributed by atoms with Gasteiger partial charge in [0.15, 0.2) is 0 Å². The van der Waals surface area contributed by atoms with Crippen molar-refractivity contribution in [3.63, 3.8) is 0 Å². The number of cyclic esters (lactones) is 2. The molecular formula is C20H24O5. The second kappa shape index (κ2) is 13.5. The molecule has 0 unspecified atom stereocenters. The summed E-state index contributed by atoms with van der Waals surface area (Å²) in [6.07, 6.45) is 5.32.